The average Bonchev–Trinajstić information content (AvgIpc) is 3.12. The fourth-order valence-electron chi connectivity index (χ4n) is 6.39. The highest BCUT2D eigenvalue weighted by atomic mass is 32.1. The Morgan fingerprint density at radius 3 is 2.37 bits per heavy atom. The van der Waals surface area contributed by atoms with Crippen LogP contribution < -0.4 is 5.32 Å². The Morgan fingerprint density at radius 1 is 1.13 bits per heavy atom. The lowest BCUT2D eigenvalue weighted by Crippen LogP contribution is -2.57. The number of hydrogen-bond donors (Lipinski definition) is 1. The molecule has 1 unspecified atom stereocenters. The van der Waals surface area contributed by atoms with Gasteiger partial charge in [0, 0.05) is 5.41 Å². The zero-order chi connectivity index (χ0) is 20.9. The molecule has 0 spiro atoms. The quantitative estimate of drug-likeness (QED) is 0.680. The second-order valence-electron chi connectivity index (χ2n) is 10.1. The third-order valence-corrected chi connectivity index (χ3v) is 8.41. The Kier molecular flexibility index (Phi) is 5.08. The van der Waals surface area contributed by atoms with Gasteiger partial charge in [0.15, 0.2) is 0 Å². The smallest absolute Gasteiger partial charge is 0.329 e. The van der Waals surface area contributed by atoms with E-state index in [1.807, 2.05) is 38.1 Å². The molecule has 4 fully saturated rings. The molecule has 0 saturated heterocycles. The van der Waals surface area contributed by atoms with Crippen molar-refractivity contribution in [1.29, 1.82) is 0 Å². The fraction of sp³-hybridized carbons (Fsp3) is 0.625. The van der Waals surface area contributed by atoms with Crippen LogP contribution in [-0.4, -0.2) is 22.9 Å². The monoisotopic (exact) mass is 426 g/mol. The number of ether oxygens (including phenoxy) is 1. The number of hydrogen-bond acceptors (Lipinski definition) is 5. The van der Waals surface area contributed by atoms with Crippen molar-refractivity contribution < 1.29 is 14.3 Å². The summed E-state index contributed by atoms with van der Waals surface area (Å²) >= 11 is 1.54. The second-order valence-corrected chi connectivity index (χ2v) is 11.2. The number of fused-ring (bicyclic) bond motifs is 1. The minimum absolute atomic E-state index is 0.0225. The van der Waals surface area contributed by atoms with Crippen LogP contribution in [0.25, 0.3) is 10.2 Å². The normalized spacial score (nSPS) is 30.6. The van der Waals surface area contributed by atoms with Gasteiger partial charge in [-0.15, -0.1) is 11.3 Å². The summed E-state index contributed by atoms with van der Waals surface area (Å²) in [4.78, 5) is 30.8. The van der Waals surface area contributed by atoms with Crippen molar-refractivity contribution in [2.45, 2.75) is 65.0 Å². The van der Waals surface area contributed by atoms with Crippen molar-refractivity contribution in [1.82, 2.24) is 10.3 Å². The van der Waals surface area contributed by atoms with Gasteiger partial charge in [-0.25, -0.2) is 9.78 Å². The number of nitrogens with zero attached hydrogens (tertiary/aromatic N) is 1. The molecule has 160 valence electrons. The molecule has 1 atom stereocenters. The number of carbonyl (C=O) groups excluding carboxylic acids is 2. The molecular weight excluding hydrogens is 396 g/mol. The molecule has 6 heteroatoms. The van der Waals surface area contributed by atoms with Gasteiger partial charge in [-0.1, -0.05) is 26.0 Å². The topological polar surface area (TPSA) is 68.3 Å². The van der Waals surface area contributed by atoms with Crippen LogP contribution >= 0.6 is 11.3 Å². The van der Waals surface area contributed by atoms with Crippen LogP contribution in [0.1, 0.15) is 57.4 Å². The number of aromatic nitrogens is 1. The maximum Gasteiger partial charge on any atom is 0.329 e. The molecule has 1 aromatic heterocycles. The standard InChI is InChI=1S/C24H30N2O3S/c1-14(2)21(22(27)29-13-20-25-18-5-3-4-6-19(18)30-20)26-23(28)24-10-15-7-16(11-24)9-17(8-15)12-24/h3-6,14-17,21H,7-13H2,1-2H3,(H,26,28). The summed E-state index contributed by atoms with van der Waals surface area (Å²) in [5.41, 5.74) is 0.666. The largest absolute Gasteiger partial charge is 0.457 e. The molecular formula is C24H30N2O3S. The highest BCUT2D eigenvalue weighted by Crippen LogP contribution is 2.60. The number of rotatable bonds is 6. The molecule has 1 heterocycles. The molecule has 0 radical (unpaired) electrons. The minimum Gasteiger partial charge on any atom is -0.457 e. The van der Waals surface area contributed by atoms with Crippen LogP contribution in [0.4, 0.5) is 0 Å². The summed E-state index contributed by atoms with van der Waals surface area (Å²) < 4.78 is 6.68. The van der Waals surface area contributed by atoms with E-state index in [0.717, 1.165) is 34.5 Å². The van der Waals surface area contributed by atoms with Crippen molar-refractivity contribution in [3.8, 4) is 0 Å². The lowest BCUT2D eigenvalue weighted by Gasteiger charge is -2.55. The van der Waals surface area contributed by atoms with Gasteiger partial charge in [-0.05, 0) is 74.3 Å². The molecule has 1 amide bonds. The van der Waals surface area contributed by atoms with Gasteiger partial charge in [-0.2, -0.15) is 0 Å². The van der Waals surface area contributed by atoms with Crippen molar-refractivity contribution in [3.05, 3.63) is 29.3 Å². The third-order valence-electron chi connectivity index (χ3n) is 7.40. The maximum absolute atomic E-state index is 13.4. The highest BCUT2D eigenvalue weighted by Gasteiger charge is 2.55. The first-order valence-corrected chi connectivity index (χ1v) is 12.1. The SMILES string of the molecule is CC(C)C(NC(=O)C12CC3CC(CC(C3)C1)C2)C(=O)OCc1nc2ccccc2s1. The van der Waals surface area contributed by atoms with Crippen molar-refractivity contribution >= 4 is 33.4 Å². The number of nitrogens with one attached hydrogen (secondary N) is 1. The number of benzene rings is 1. The zero-order valence-electron chi connectivity index (χ0n) is 17.7. The van der Waals surface area contributed by atoms with Crippen molar-refractivity contribution in [2.75, 3.05) is 0 Å². The van der Waals surface area contributed by atoms with E-state index in [1.54, 1.807) is 0 Å². The van der Waals surface area contributed by atoms with E-state index in [2.05, 4.69) is 10.3 Å². The summed E-state index contributed by atoms with van der Waals surface area (Å²) in [6, 6.07) is 7.29. The molecule has 4 aliphatic carbocycles. The van der Waals surface area contributed by atoms with Crippen LogP contribution in [0.5, 0.6) is 0 Å². The Morgan fingerprint density at radius 2 is 1.77 bits per heavy atom. The predicted molar refractivity (Wildman–Crippen MR) is 117 cm³/mol. The third kappa shape index (κ3) is 3.64. The first-order valence-electron chi connectivity index (χ1n) is 11.2. The maximum atomic E-state index is 13.4. The van der Waals surface area contributed by atoms with Crippen LogP contribution in [0.15, 0.2) is 24.3 Å². The Hall–Kier alpha value is -1.95. The second kappa shape index (κ2) is 7.63. The van der Waals surface area contributed by atoms with Gasteiger partial charge >= 0.3 is 5.97 Å². The van der Waals surface area contributed by atoms with E-state index < -0.39 is 6.04 Å². The van der Waals surface area contributed by atoms with Gasteiger partial charge in [0.05, 0.1) is 10.2 Å². The molecule has 0 aliphatic heterocycles. The van der Waals surface area contributed by atoms with E-state index in [0.29, 0.717) is 17.8 Å². The lowest BCUT2D eigenvalue weighted by atomic mass is 9.49. The predicted octanol–water partition coefficient (Wildman–Crippen LogP) is 4.70. The molecule has 4 bridgehead atoms. The first kappa shape index (κ1) is 20.0. The fourth-order valence-corrected chi connectivity index (χ4v) is 7.27. The van der Waals surface area contributed by atoms with Crippen molar-refractivity contribution in [2.24, 2.45) is 29.1 Å². The molecule has 5 nitrogen and oxygen atoms in total. The first-order chi connectivity index (χ1) is 14.4. The number of para-hydroxylation sites is 1. The molecule has 1 N–H and O–H groups in total. The highest BCUT2D eigenvalue weighted by molar-refractivity contribution is 7.18. The van der Waals surface area contributed by atoms with Gasteiger partial charge in [0.25, 0.3) is 0 Å². The molecule has 30 heavy (non-hydrogen) atoms. The van der Waals surface area contributed by atoms with Crippen LogP contribution in [0.2, 0.25) is 0 Å². The van der Waals surface area contributed by atoms with E-state index in [-0.39, 0.29) is 29.8 Å². The van der Waals surface area contributed by atoms with Crippen LogP contribution in [0.3, 0.4) is 0 Å². The number of esters is 1. The molecule has 1 aromatic carbocycles. The summed E-state index contributed by atoms with van der Waals surface area (Å²) in [5.74, 6) is 1.80. The van der Waals surface area contributed by atoms with Gasteiger partial charge in [0.1, 0.15) is 17.7 Å². The number of amides is 1. The van der Waals surface area contributed by atoms with E-state index in [9.17, 15) is 9.59 Å². The zero-order valence-corrected chi connectivity index (χ0v) is 18.5. The van der Waals surface area contributed by atoms with Gasteiger partial charge < -0.3 is 10.1 Å². The minimum atomic E-state index is -0.611. The Bertz CT molecular complexity index is 898. The number of thiazole rings is 1. The van der Waals surface area contributed by atoms with Crippen molar-refractivity contribution in [3.63, 3.8) is 0 Å². The van der Waals surface area contributed by atoms with Crippen LogP contribution in [-0.2, 0) is 20.9 Å². The van der Waals surface area contributed by atoms with Gasteiger partial charge in [0.2, 0.25) is 5.91 Å². The number of carbonyl (C=O) groups is 2. The Balaban J connectivity index is 1.24. The van der Waals surface area contributed by atoms with E-state index in [4.69, 9.17) is 4.74 Å². The van der Waals surface area contributed by atoms with Gasteiger partial charge in [-0.3, -0.25) is 4.79 Å². The molecule has 4 aliphatic rings. The van der Waals surface area contributed by atoms with Crippen LogP contribution in [0, 0.1) is 29.1 Å². The summed E-state index contributed by atoms with van der Waals surface area (Å²) in [6.45, 7) is 4.07. The van der Waals surface area contributed by atoms with E-state index in [1.165, 1.54) is 30.6 Å². The average molecular weight is 427 g/mol. The Labute approximate surface area is 181 Å². The molecule has 6 rings (SSSR count). The molecule has 4 saturated carbocycles. The summed E-state index contributed by atoms with van der Waals surface area (Å²) in [5, 5.41) is 3.88. The van der Waals surface area contributed by atoms with E-state index >= 15 is 0 Å². The lowest BCUT2D eigenvalue weighted by molar-refractivity contribution is -0.156. The summed E-state index contributed by atoms with van der Waals surface area (Å²) in [7, 11) is 0. The molecule has 2 aromatic rings. The summed E-state index contributed by atoms with van der Waals surface area (Å²) in [6.07, 6.45) is 6.88.